The van der Waals surface area contributed by atoms with Crippen LogP contribution in [0.1, 0.15) is 59.7 Å². The van der Waals surface area contributed by atoms with Gasteiger partial charge < -0.3 is 15.7 Å². The maximum absolute atomic E-state index is 12.7. The lowest BCUT2D eigenvalue weighted by Crippen LogP contribution is -2.41. The van der Waals surface area contributed by atoms with Crippen LogP contribution in [-0.2, 0) is 0 Å². The Kier molecular flexibility index (Phi) is 4.83. The lowest BCUT2D eigenvalue weighted by Gasteiger charge is -2.33. The first-order valence-corrected chi connectivity index (χ1v) is 7.48. The summed E-state index contributed by atoms with van der Waals surface area (Å²) < 4.78 is 0. The molecule has 1 aromatic carbocycles. The molecule has 1 aliphatic carbocycles. The first-order chi connectivity index (χ1) is 10.0. The van der Waals surface area contributed by atoms with Gasteiger partial charge in [-0.2, -0.15) is 0 Å². The predicted molar refractivity (Wildman–Crippen MR) is 80.2 cm³/mol. The number of nitrogens with zero attached hydrogens (tertiary/aromatic N) is 1. The molecule has 114 valence electrons. The van der Waals surface area contributed by atoms with E-state index in [4.69, 9.17) is 5.73 Å². The van der Waals surface area contributed by atoms with Gasteiger partial charge in [-0.1, -0.05) is 19.3 Å². The van der Waals surface area contributed by atoms with E-state index in [2.05, 4.69) is 0 Å². The van der Waals surface area contributed by atoms with Crippen LogP contribution in [0.15, 0.2) is 18.2 Å². The van der Waals surface area contributed by atoms with Crippen LogP contribution in [0, 0.1) is 0 Å². The molecule has 2 rings (SSSR count). The van der Waals surface area contributed by atoms with Crippen molar-refractivity contribution in [3.8, 4) is 5.75 Å². The molecule has 0 aromatic heterocycles. The van der Waals surface area contributed by atoms with E-state index in [9.17, 15) is 14.7 Å². The van der Waals surface area contributed by atoms with Crippen molar-refractivity contribution in [2.75, 3.05) is 6.54 Å². The summed E-state index contributed by atoms with van der Waals surface area (Å²) in [6.07, 6.45) is 5.58. The molecule has 0 aliphatic heterocycles. The number of carbonyl (C=O) groups is 2. The molecule has 0 atom stereocenters. The molecule has 0 heterocycles. The van der Waals surface area contributed by atoms with E-state index in [1.54, 1.807) is 0 Å². The Hall–Kier alpha value is -2.04. The van der Waals surface area contributed by atoms with Gasteiger partial charge in [0, 0.05) is 18.2 Å². The van der Waals surface area contributed by atoms with Gasteiger partial charge in [0.15, 0.2) is 0 Å². The molecule has 1 saturated carbocycles. The van der Waals surface area contributed by atoms with Gasteiger partial charge in [0.1, 0.15) is 5.75 Å². The summed E-state index contributed by atoms with van der Waals surface area (Å²) in [5, 5.41) is 9.61. The van der Waals surface area contributed by atoms with Crippen LogP contribution in [-0.4, -0.2) is 34.4 Å². The molecule has 0 bridgehead atoms. The molecule has 5 heteroatoms. The van der Waals surface area contributed by atoms with Gasteiger partial charge in [0.25, 0.3) is 11.8 Å². The first-order valence-electron chi connectivity index (χ1n) is 7.48. The second-order valence-electron chi connectivity index (χ2n) is 5.48. The first kappa shape index (κ1) is 15.4. The SMILES string of the molecule is CCN(C(=O)c1ccc(O)c(C(N)=O)c1)C1CCCCC1. The molecular weight excluding hydrogens is 268 g/mol. The summed E-state index contributed by atoms with van der Waals surface area (Å²) in [6.45, 7) is 2.60. The molecule has 5 nitrogen and oxygen atoms in total. The van der Waals surface area contributed by atoms with Gasteiger partial charge in [0.05, 0.1) is 5.56 Å². The van der Waals surface area contributed by atoms with Crippen LogP contribution >= 0.6 is 0 Å². The van der Waals surface area contributed by atoms with Gasteiger partial charge in [0.2, 0.25) is 0 Å². The molecule has 1 aliphatic rings. The molecule has 0 radical (unpaired) electrons. The summed E-state index contributed by atoms with van der Waals surface area (Å²) in [5.74, 6) is -1.03. The highest BCUT2D eigenvalue weighted by atomic mass is 16.3. The van der Waals surface area contributed by atoms with E-state index in [1.807, 2.05) is 11.8 Å². The molecule has 0 spiro atoms. The zero-order chi connectivity index (χ0) is 15.4. The molecule has 1 fully saturated rings. The molecule has 21 heavy (non-hydrogen) atoms. The van der Waals surface area contributed by atoms with Gasteiger partial charge in [-0.15, -0.1) is 0 Å². The van der Waals surface area contributed by atoms with Crippen LogP contribution in [0.5, 0.6) is 5.75 Å². The van der Waals surface area contributed by atoms with Crippen molar-refractivity contribution in [3.05, 3.63) is 29.3 Å². The van der Waals surface area contributed by atoms with E-state index < -0.39 is 5.91 Å². The van der Waals surface area contributed by atoms with Crippen molar-refractivity contribution < 1.29 is 14.7 Å². The molecule has 2 amide bonds. The van der Waals surface area contributed by atoms with Crippen LogP contribution in [0.4, 0.5) is 0 Å². The number of carbonyl (C=O) groups excluding carboxylic acids is 2. The number of amides is 2. The molecule has 3 N–H and O–H groups in total. The Morgan fingerprint density at radius 1 is 1.29 bits per heavy atom. The molecule has 0 saturated heterocycles. The van der Waals surface area contributed by atoms with Crippen molar-refractivity contribution in [2.24, 2.45) is 5.73 Å². The summed E-state index contributed by atoms with van der Waals surface area (Å²) in [5.41, 5.74) is 5.60. The normalized spacial score (nSPS) is 15.7. The summed E-state index contributed by atoms with van der Waals surface area (Å²) in [7, 11) is 0. The number of phenols is 1. The molecule has 1 aromatic rings. The highest BCUT2D eigenvalue weighted by Crippen LogP contribution is 2.25. The fraction of sp³-hybridized carbons (Fsp3) is 0.500. The van der Waals surface area contributed by atoms with Crippen LogP contribution in [0.3, 0.4) is 0 Å². The standard InChI is InChI=1S/C16H22N2O3/c1-2-18(12-6-4-3-5-7-12)16(21)11-8-9-14(19)13(10-11)15(17)20/h8-10,12,19H,2-7H2,1H3,(H2,17,20). The average Bonchev–Trinajstić information content (AvgIpc) is 2.49. The van der Waals surface area contributed by atoms with Crippen molar-refractivity contribution in [1.82, 2.24) is 4.90 Å². The van der Waals surface area contributed by atoms with Crippen molar-refractivity contribution >= 4 is 11.8 Å². The van der Waals surface area contributed by atoms with Crippen LogP contribution in [0.2, 0.25) is 0 Å². The van der Waals surface area contributed by atoms with E-state index >= 15 is 0 Å². The third-order valence-corrected chi connectivity index (χ3v) is 4.13. The number of aromatic hydroxyl groups is 1. The van der Waals surface area contributed by atoms with E-state index in [0.29, 0.717) is 12.1 Å². The highest BCUT2D eigenvalue weighted by Gasteiger charge is 2.25. The monoisotopic (exact) mass is 290 g/mol. The quantitative estimate of drug-likeness (QED) is 0.892. The smallest absolute Gasteiger partial charge is 0.254 e. The largest absolute Gasteiger partial charge is 0.507 e. The Labute approximate surface area is 124 Å². The molecule has 0 unspecified atom stereocenters. The lowest BCUT2D eigenvalue weighted by atomic mass is 9.93. The summed E-state index contributed by atoms with van der Waals surface area (Å²) in [4.78, 5) is 25.8. The Balaban J connectivity index is 2.24. The fourth-order valence-electron chi connectivity index (χ4n) is 2.99. The summed E-state index contributed by atoms with van der Waals surface area (Å²) in [6, 6.07) is 4.53. The van der Waals surface area contributed by atoms with Gasteiger partial charge in [-0.3, -0.25) is 9.59 Å². The van der Waals surface area contributed by atoms with Crippen molar-refractivity contribution in [1.29, 1.82) is 0 Å². The van der Waals surface area contributed by atoms with E-state index in [0.717, 1.165) is 25.7 Å². The van der Waals surface area contributed by atoms with E-state index in [1.165, 1.54) is 24.6 Å². The minimum Gasteiger partial charge on any atom is -0.507 e. The average molecular weight is 290 g/mol. The maximum Gasteiger partial charge on any atom is 0.254 e. The number of rotatable bonds is 4. The van der Waals surface area contributed by atoms with Crippen LogP contribution in [0.25, 0.3) is 0 Å². The van der Waals surface area contributed by atoms with Gasteiger partial charge >= 0.3 is 0 Å². The predicted octanol–water partition coefficient (Wildman–Crippen LogP) is 2.29. The third kappa shape index (κ3) is 3.35. The number of primary amides is 1. The minimum atomic E-state index is -0.733. The highest BCUT2D eigenvalue weighted by molar-refractivity contribution is 6.00. The van der Waals surface area contributed by atoms with Crippen molar-refractivity contribution in [2.45, 2.75) is 45.1 Å². The van der Waals surface area contributed by atoms with Crippen LogP contribution < -0.4 is 5.73 Å². The second-order valence-corrected chi connectivity index (χ2v) is 5.48. The Morgan fingerprint density at radius 2 is 1.95 bits per heavy atom. The maximum atomic E-state index is 12.7. The fourth-order valence-corrected chi connectivity index (χ4v) is 2.99. The second kappa shape index (κ2) is 6.61. The topological polar surface area (TPSA) is 83.6 Å². The molecular formula is C16H22N2O3. The Bertz CT molecular complexity index is 536. The minimum absolute atomic E-state index is 0.0134. The van der Waals surface area contributed by atoms with Gasteiger partial charge in [-0.25, -0.2) is 0 Å². The van der Waals surface area contributed by atoms with Gasteiger partial charge in [-0.05, 0) is 38.0 Å². The Morgan fingerprint density at radius 3 is 2.52 bits per heavy atom. The number of hydrogen-bond donors (Lipinski definition) is 2. The zero-order valence-corrected chi connectivity index (χ0v) is 12.3. The lowest BCUT2D eigenvalue weighted by molar-refractivity contribution is 0.0648. The third-order valence-electron chi connectivity index (χ3n) is 4.13. The van der Waals surface area contributed by atoms with E-state index in [-0.39, 0.29) is 23.3 Å². The number of benzene rings is 1. The zero-order valence-electron chi connectivity index (χ0n) is 12.3. The number of nitrogens with two attached hydrogens (primary N) is 1. The van der Waals surface area contributed by atoms with Crippen molar-refractivity contribution in [3.63, 3.8) is 0 Å². The summed E-state index contributed by atoms with van der Waals surface area (Å²) >= 11 is 0. The number of hydrogen-bond acceptors (Lipinski definition) is 3.